The number of hydrogen-bond donors (Lipinski definition) is 1. The maximum Gasteiger partial charge on any atom is 0.138 e. The first-order chi connectivity index (χ1) is 9.56. The zero-order chi connectivity index (χ0) is 15.0. The van der Waals surface area contributed by atoms with E-state index in [4.69, 9.17) is 5.11 Å². The Balaban J connectivity index is 2.81. The van der Waals surface area contributed by atoms with Crippen molar-refractivity contribution < 1.29 is 9.50 Å². The van der Waals surface area contributed by atoms with Gasteiger partial charge in [-0.05, 0) is 30.2 Å². The quantitative estimate of drug-likeness (QED) is 0.808. The highest BCUT2D eigenvalue weighted by molar-refractivity contribution is 5.38. The summed E-state index contributed by atoms with van der Waals surface area (Å²) < 4.78 is 13.6. The summed E-state index contributed by atoms with van der Waals surface area (Å²) in [5.41, 5.74) is 1.48. The molecular weight excluding hydrogens is 253 g/mol. The van der Waals surface area contributed by atoms with Crippen molar-refractivity contribution in [3.63, 3.8) is 0 Å². The molecule has 0 saturated heterocycles. The number of benzene rings is 1. The molecule has 0 bridgehead atoms. The van der Waals surface area contributed by atoms with Crippen LogP contribution in [0.3, 0.4) is 0 Å². The summed E-state index contributed by atoms with van der Waals surface area (Å²) in [5, 5.41) is 8.70. The molecule has 0 aliphatic carbocycles. The molecule has 1 rings (SSSR count). The molecule has 0 aliphatic rings. The highest BCUT2D eigenvalue weighted by Gasteiger charge is 2.08. The molecular formula is C17H24FNO. The fourth-order valence-corrected chi connectivity index (χ4v) is 2.06. The molecule has 0 saturated carbocycles. The fraction of sp³-hybridized carbons (Fsp3) is 0.529. The minimum absolute atomic E-state index is 0.00626. The summed E-state index contributed by atoms with van der Waals surface area (Å²) in [7, 11) is 0. The average molecular weight is 277 g/mol. The first-order valence-corrected chi connectivity index (χ1v) is 7.17. The van der Waals surface area contributed by atoms with Crippen LogP contribution in [0.25, 0.3) is 0 Å². The first-order valence-electron chi connectivity index (χ1n) is 7.17. The summed E-state index contributed by atoms with van der Waals surface area (Å²) in [6.45, 7) is 9.34. The lowest BCUT2D eigenvalue weighted by Crippen LogP contribution is -2.27. The Bertz CT molecular complexity index is 474. The number of rotatable bonds is 6. The van der Waals surface area contributed by atoms with Crippen molar-refractivity contribution >= 4 is 0 Å². The molecule has 0 aromatic heterocycles. The standard InChI is InChI=1S/C17H24FNO/c1-4-19(12-14(2)3)13-15-8-9-17(18)16(11-15)7-5-6-10-20/h8-9,11,14,20H,4,6,10,12-13H2,1-3H3. The Morgan fingerprint density at radius 2 is 2.10 bits per heavy atom. The number of hydrogen-bond acceptors (Lipinski definition) is 2. The van der Waals surface area contributed by atoms with E-state index in [9.17, 15) is 4.39 Å². The van der Waals surface area contributed by atoms with Gasteiger partial charge in [-0.1, -0.05) is 38.7 Å². The zero-order valence-electron chi connectivity index (χ0n) is 12.6. The molecule has 0 amide bonds. The molecule has 1 aromatic carbocycles. The minimum Gasteiger partial charge on any atom is -0.395 e. The largest absolute Gasteiger partial charge is 0.395 e. The second-order valence-electron chi connectivity index (χ2n) is 5.31. The molecule has 0 unspecified atom stereocenters. The van der Waals surface area contributed by atoms with Gasteiger partial charge in [0.1, 0.15) is 5.82 Å². The molecule has 3 heteroatoms. The van der Waals surface area contributed by atoms with Gasteiger partial charge in [0.25, 0.3) is 0 Å². The van der Waals surface area contributed by atoms with Gasteiger partial charge in [0.2, 0.25) is 0 Å². The summed E-state index contributed by atoms with van der Waals surface area (Å²) >= 11 is 0. The van der Waals surface area contributed by atoms with E-state index in [0.717, 1.165) is 25.2 Å². The van der Waals surface area contributed by atoms with Crippen LogP contribution in [0.4, 0.5) is 4.39 Å². The molecule has 0 aliphatic heterocycles. The number of aliphatic hydroxyl groups is 1. The first kappa shape index (κ1) is 16.7. The third-order valence-electron chi connectivity index (χ3n) is 2.97. The minimum atomic E-state index is -0.300. The summed E-state index contributed by atoms with van der Waals surface area (Å²) in [6.07, 6.45) is 0.373. The molecule has 110 valence electrons. The highest BCUT2D eigenvalue weighted by atomic mass is 19.1. The van der Waals surface area contributed by atoms with Crippen LogP contribution in [-0.4, -0.2) is 29.7 Å². The molecule has 0 radical (unpaired) electrons. The van der Waals surface area contributed by atoms with Crippen molar-refractivity contribution in [2.45, 2.75) is 33.7 Å². The number of halogens is 1. The second-order valence-corrected chi connectivity index (χ2v) is 5.31. The van der Waals surface area contributed by atoms with Gasteiger partial charge in [0, 0.05) is 19.5 Å². The van der Waals surface area contributed by atoms with Gasteiger partial charge in [0.05, 0.1) is 12.2 Å². The predicted octanol–water partition coefficient (Wildman–Crippen LogP) is 3.04. The van der Waals surface area contributed by atoms with E-state index in [-0.39, 0.29) is 12.4 Å². The van der Waals surface area contributed by atoms with Crippen molar-refractivity contribution in [3.05, 3.63) is 35.1 Å². The van der Waals surface area contributed by atoms with Crippen molar-refractivity contribution in [2.24, 2.45) is 5.92 Å². The van der Waals surface area contributed by atoms with Gasteiger partial charge in [-0.2, -0.15) is 0 Å². The normalized spacial score (nSPS) is 10.8. The van der Waals surface area contributed by atoms with Gasteiger partial charge in [0.15, 0.2) is 0 Å². The molecule has 2 nitrogen and oxygen atoms in total. The van der Waals surface area contributed by atoms with E-state index in [1.165, 1.54) is 6.07 Å². The summed E-state index contributed by atoms with van der Waals surface area (Å²) in [4.78, 5) is 2.34. The Hall–Kier alpha value is -1.37. The third kappa shape index (κ3) is 5.73. The average Bonchev–Trinajstić information content (AvgIpc) is 2.41. The topological polar surface area (TPSA) is 23.5 Å². The highest BCUT2D eigenvalue weighted by Crippen LogP contribution is 2.13. The molecule has 1 aromatic rings. The second kappa shape index (κ2) is 8.73. The van der Waals surface area contributed by atoms with E-state index in [0.29, 0.717) is 17.9 Å². The Kier molecular flexibility index (Phi) is 7.28. The lowest BCUT2D eigenvalue weighted by Gasteiger charge is -2.22. The molecule has 0 heterocycles. The van der Waals surface area contributed by atoms with Gasteiger partial charge in [-0.15, -0.1) is 0 Å². The lowest BCUT2D eigenvalue weighted by atomic mass is 10.1. The van der Waals surface area contributed by atoms with Gasteiger partial charge < -0.3 is 5.11 Å². The maximum atomic E-state index is 13.6. The maximum absolute atomic E-state index is 13.6. The van der Waals surface area contributed by atoms with Crippen molar-refractivity contribution in [3.8, 4) is 11.8 Å². The number of aliphatic hydroxyl groups excluding tert-OH is 1. The zero-order valence-corrected chi connectivity index (χ0v) is 12.6. The van der Waals surface area contributed by atoms with Crippen LogP contribution in [0.2, 0.25) is 0 Å². The van der Waals surface area contributed by atoms with Crippen molar-refractivity contribution in [2.75, 3.05) is 19.7 Å². The molecule has 20 heavy (non-hydrogen) atoms. The molecule has 0 atom stereocenters. The van der Waals surface area contributed by atoms with Crippen LogP contribution in [0, 0.1) is 23.6 Å². The van der Waals surface area contributed by atoms with Gasteiger partial charge >= 0.3 is 0 Å². The van der Waals surface area contributed by atoms with E-state index in [2.05, 4.69) is 37.5 Å². The van der Waals surface area contributed by atoms with Gasteiger partial charge in [-0.3, -0.25) is 4.90 Å². The van der Waals surface area contributed by atoms with Crippen LogP contribution in [-0.2, 0) is 6.54 Å². The molecule has 0 fully saturated rings. The van der Waals surface area contributed by atoms with Crippen molar-refractivity contribution in [1.29, 1.82) is 0 Å². The fourth-order valence-electron chi connectivity index (χ4n) is 2.06. The van der Waals surface area contributed by atoms with E-state index < -0.39 is 0 Å². The van der Waals surface area contributed by atoms with Gasteiger partial charge in [-0.25, -0.2) is 4.39 Å². The van der Waals surface area contributed by atoms with E-state index in [1.807, 2.05) is 12.1 Å². The summed E-state index contributed by atoms with van der Waals surface area (Å²) in [6, 6.07) is 5.10. The Morgan fingerprint density at radius 3 is 2.70 bits per heavy atom. The summed E-state index contributed by atoms with van der Waals surface area (Å²) in [5.74, 6) is 5.86. The third-order valence-corrected chi connectivity index (χ3v) is 2.97. The van der Waals surface area contributed by atoms with Crippen molar-refractivity contribution in [1.82, 2.24) is 4.90 Å². The van der Waals surface area contributed by atoms with Crippen LogP contribution in [0.5, 0.6) is 0 Å². The van der Waals surface area contributed by atoms with Crippen LogP contribution in [0.15, 0.2) is 18.2 Å². The van der Waals surface area contributed by atoms with Crippen LogP contribution >= 0.6 is 0 Å². The monoisotopic (exact) mass is 277 g/mol. The Labute approximate surface area is 121 Å². The SMILES string of the molecule is CCN(Cc1ccc(F)c(C#CCCO)c1)CC(C)C. The number of nitrogens with zero attached hydrogens (tertiary/aromatic N) is 1. The van der Waals surface area contributed by atoms with Crippen LogP contribution < -0.4 is 0 Å². The molecule has 1 N–H and O–H groups in total. The predicted molar refractivity (Wildman–Crippen MR) is 80.8 cm³/mol. The van der Waals surface area contributed by atoms with E-state index in [1.54, 1.807) is 0 Å². The smallest absolute Gasteiger partial charge is 0.138 e. The van der Waals surface area contributed by atoms with Crippen LogP contribution in [0.1, 0.15) is 38.3 Å². The van der Waals surface area contributed by atoms with E-state index >= 15 is 0 Å². The molecule has 0 spiro atoms. The lowest BCUT2D eigenvalue weighted by molar-refractivity contribution is 0.248. The Morgan fingerprint density at radius 1 is 1.35 bits per heavy atom.